The third-order valence-electron chi connectivity index (χ3n) is 2.89. The van der Waals surface area contributed by atoms with Crippen LogP contribution in [0.4, 0.5) is 0 Å². The Bertz CT molecular complexity index is 396. The summed E-state index contributed by atoms with van der Waals surface area (Å²) in [6.45, 7) is 2.91. The zero-order chi connectivity index (χ0) is 11.4. The van der Waals surface area contributed by atoms with E-state index in [2.05, 4.69) is 16.0 Å². The van der Waals surface area contributed by atoms with Crippen molar-refractivity contribution in [1.29, 1.82) is 5.26 Å². The van der Waals surface area contributed by atoms with Crippen LogP contribution in [0.1, 0.15) is 24.1 Å². The van der Waals surface area contributed by atoms with E-state index in [0.717, 1.165) is 38.0 Å². The van der Waals surface area contributed by atoms with E-state index in [0.29, 0.717) is 11.7 Å². The van der Waals surface area contributed by atoms with E-state index in [9.17, 15) is 0 Å². The Morgan fingerprint density at radius 1 is 1.62 bits per heavy atom. The number of nitrogens with two attached hydrogens (primary N) is 1. The molecule has 1 fully saturated rings. The Morgan fingerprint density at radius 3 is 3.25 bits per heavy atom. The van der Waals surface area contributed by atoms with E-state index in [1.807, 2.05) is 12.1 Å². The van der Waals surface area contributed by atoms with Gasteiger partial charge < -0.3 is 5.73 Å². The fourth-order valence-electron chi connectivity index (χ4n) is 2.13. The zero-order valence-corrected chi connectivity index (χ0v) is 9.26. The molecular formula is C12H16N4. The van der Waals surface area contributed by atoms with Gasteiger partial charge in [0.2, 0.25) is 0 Å². The molecule has 1 atom stereocenters. The number of piperidine rings is 1. The van der Waals surface area contributed by atoms with Gasteiger partial charge in [-0.2, -0.15) is 5.26 Å². The second-order valence-electron chi connectivity index (χ2n) is 4.30. The molecule has 1 saturated heterocycles. The molecule has 0 unspecified atom stereocenters. The maximum Gasteiger partial charge on any atom is 0.140 e. The van der Waals surface area contributed by atoms with E-state index in [1.54, 1.807) is 6.20 Å². The molecule has 0 aliphatic carbocycles. The van der Waals surface area contributed by atoms with Gasteiger partial charge in [0, 0.05) is 25.3 Å². The van der Waals surface area contributed by atoms with Crippen molar-refractivity contribution in [2.45, 2.75) is 25.4 Å². The number of aromatic nitrogens is 1. The number of pyridine rings is 1. The summed E-state index contributed by atoms with van der Waals surface area (Å²) in [4.78, 5) is 6.30. The van der Waals surface area contributed by atoms with Gasteiger partial charge in [0.05, 0.1) is 0 Å². The van der Waals surface area contributed by atoms with Crippen LogP contribution in [0.2, 0.25) is 0 Å². The van der Waals surface area contributed by atoms with Gasteiger partial charge >= 0.3 is 0 Å². The second kappa shape index (κ2) is 5.06. The number of nitriles is 1. The predicted octanol–water partition coefficient (Wildman–Crippen LogP) is 0.876. The van der Waals surface area contributed by atoms with Crippen molar-refractivity contribution in [3.8, 4) is 6.07 Å². The van der Waals surface area contributed by atoms with Crippen molar-refractivity contribution >= 4 is 0 Å². The first-order chi connectivity index (χ1) is 7.78. The zero-order valence-electron chi connectivity index (χ0n) is 9.26. The molecule has 0 aromatic carbocycles. The molecule has 1 aromatic heterocycles. The molecular weight excluding hydrogens is 200 g/mol. The minimum atomic E-state index is 0.297. The van der Waals surface area contributed by atoms with Crippen LogP contribution in [0.5, 0.6) is 0 Å². The van der Waals surface area contributed by atoms with Crippen molar-refractivity contribution < 1.29 is 0 Å². The highest BCUT2D eigenvalue weighted by Gasteiger charge is 2.16. The lowest BCUT2D eigenvalue weighted by molar-refractivity contribution is 0.201. The number of hydrogen-bond donors (Lipinski definition) is 1. The van der Waals surface area contributed by atoms with Crippen molar-refractivity contribution in [2.75, 3.05) is 13.1 Å². The fourth-order valence-corrected chi connectivity index (χ4v) is 2.13. The molecule has 2 N–H and O–H groups in total. The highest BCUT2D eigenvalue weighted by molar-refractivity contribution is 5.25. The van der Waals surface area contributed by atoms with Gasteiger partial charge in [-0.15, -0.1) is 0 Å². The first kappa shape index (κ1) is 11.1. The number of hydrogen-bond acceptors (Lipinski definition) is 4. The first-order valence-corrected chi connectivity index (χ1v) is 5.61. The molecule has 1 aliphatic rings. The van der Waals surface area contributed by atoms with Crippen LogP contribution in [0, 0.1) is 11.3 Å². The smallest absolute Gasteiger partial charge is 0.140 e. The maximum atomic E-state index is 8.76. The lowest BCUT2D eigenvalue weighted by Crippen LogP contribution is -2.42. The average Bonchev–Trinajstić information content (AvgIpc) is 2.29. The number of rotatable bonds is 2. The van der Waals surface area contributed by atoms with Crippen molar-refractivity contribution in [3.63, 3.8) is 0 Å². The fraction of sp³-hybridized carbons (Fsp3) is 0.500. The highest BCUT2D eigenvalue weighted by Crippen LogP contribution is 2.12. The predicted molar refractivity (Wildman–Crippen MR) is 61.4 cm³/mol. The quantitative estimate of drug-likeness (QED) is 0.796. The SMILES string of the molecule is N#Cc1cc(CN2CCC[C@@H](N)C2)ccn1. The molecule has 84 valence electrons. The molecule has 16 heavy (non-hydrogen) atoms. The van der Waals surface area contributed by atoms with Gasteiger partial charge in [-0.3, -0.25) is 4.90 Å². The Labute approximate surface area is 95.7 Å². The summed E-state index contributed by atoms with van der Waals surface area (Å²) >= 11 is 0. The summed E-state index contributed by atoms with van der Waals surface area (Å²) in [5.74, 6) is 0. The monoisotopic (exact) mass is 216 g/mol. The van der Waals surface area contributed by atoms with Gasteiger partial charge in [0.25, 0.3) is 0 Å². The van der Waals surface area contributed by atoms with Crippen LogP contribution in [0.25, 0.3) is 0 Å². The topological polar surface area (TPSA) is 65.9 Å². The molecule has 4 nitrogen and oxygen atoms in total. The molecule has 4 heteroatoms. The first-order valence-electron chi connectivity index (χ1n) is 5.61. The molecule has 0 radical (unpaired) electrons. The number of nitrogens with zero attached hydrogens (tertiary/aromatic N) is 3. The summed E-state index contributed by atoms with van der Waals surface area (Å²) in [5, 5.41) is 8.76. The van der Waals surface area contributed by atoms with Crippen molar-refractivity contribution in [3.05, 3.63) is 29.6 Å². The minimum absolute atomic E-state index is 0.297. The lowest BCUT2D eigenvalue weighted by Gasteiger charge is -2.30. The van der Waals surface area contributed by atoms with Crippen molar-refractivity contribution in [1.82, 2.24) is 9.88 Å². The van der Waals surface area contributed by atoms with E-state index >= 15 is 0 Å². The van der Waals surface area contributed by atoms with Crippen LogP contribution >= 0.6 is 0 Å². The van der Waals surface area contributed by atoms with E-state index in [4.69, 9.17) is 11.0 Å². The summed E-state index contributed by atoms with van der Waals surface area (Å²) in [6, 6.07) is 6.16. The Morgan fingerprint density at radius 2 is 2.50 bits per heavy atom. The number of likely N-dealkylation sites (tertiary alicyclic amines) is 1. The summed E-state index contributed by atoms with van der Waals surface area (Å²) in [6.07, 6.45) is 3.98. The third kappa shape index (κ3) is 2.78. The van der Waals surface area contributed by atoms with Gasteiger partial charge in [-0.05, 0) is 37.1 Å². The molecule has 2 rings (SSSR count). The van der Waals surface area contributed by atoms with Crippen LogP contribution in [-0.2, 0) is 6.54 Å². The van der Waals surface area contributed by atoms with Gasteiger partial charge in [0.15, 0.2) is 0 Å². The summed E-state index contributed by atoms with van der Waals surface area (Å²) < 4.78 is 0. The van der Waals surface area contributed by atoms with Crippen LogP contribution in [-0.4, -0.2) is 29.0 Å². The molecule has 2 heterocycles. The molecule has 0 amide bonds. The largest absolute Gasteiger partial charge is 0.327 e. The van der Waals surface area contributed by atoms with E-state index in [1.165, 1.54) is 0 Å². The van der Waals surface area contributed by atoms with E-state index < -0.39 is 0 Å². The Kier molecular flexibility index (Phi) is 3.50. The van der Waals surface area contributed by atoms with Crippen LogP contribution in [0.15, 0.2) is 18.3 Å². The molecule has 1 aromatic rings. The molecule has 0 spiro atoms. The van der Waals surface area contributed by atoms with Crippen LogP contribution < -0.4 is 5.73 Å². The van der Waals surface area contributed by atoms with Crippen LogP contribution in [0.3, 0.4) is 0 Å². The Balaban J connectivity index is 2.00. The Hall–Kier alpha value is -1.44. The van der Waals surface area contributed by atoms with Gasteiger partial charge in [0.1, 0.15) is 11.8 Å². The molecule has 0 saturated carbocycles. The summed E-state index contributed by atoms with van der Waals surface area (Å²) in [5.41, 5.74) is 7.55. The standard InChI is InChI=1S/C12H16N4/c13-7-12-6-10(3-4-15-12)8-16-5-1-2-11(14)9-16/h3-4,6,11H,1-2,5,8-9,14H2/t11-/m1/s1. The van der Waals surface area contributed by atoms with E-state index in [-0.39, 0.29) is 0 Å². The minimum Gasteiger partial charge on any atom is -0.327 e. The normalized spacial score (nSPS) is 21.6. The highest BCUT2D eigenvalue weighted by atomic mass is 15.1. The second-order valence-corrected chi connectivity index (χ2v) is 4.30. The maximum absolute atomic E-state index is 8.76. The van der Waals surface area contributed by atoms with Crippen molar-refractivity contribution in [2.24, 2.45) is 5.73 Å². The third-order valence-corrected chi connectivity index (χ3v) is 2.89. The van der Waals surface area contributed by atoms with Gasteiger partial charge in [-0.25, -0.2) is 4.98 Å². The average molecular weight is 216 g/mol. The molecule has 1 aliphatic heterocycles. The molecule has 0 bridgehead atoms. The lowest BCUT2D eigenvalue weighted by atomic mass is 10.1. The summed E-state index contributed by atoms with van der Waals surface area (Å²) in [7, 11) is 0. The van der Waals surface area contributed by atoms with Gasteiger partial charge in [-0.1, -0.05) is 0 Å².